The average molecular weight is 336 g/mol. The number of carbonyl (C=O) groups excluding carboxylic acids is 1. The number of hydrogen-bond acceptors (Lipinski definition) is 4. The topological polar surface area (TPSA) is 44.8 Å². The SMILES string of the molecule is COc1cc2ccccc2cc1C(=O)OCCOc1cccc(C)c1. The Bertz CT molecular complexity index is 886. The number of methoxy groups -OCH3 is 1. The molecule has 3 rings (SSSR count). The number of rotatable bonds is 6. The molecule has 0 saturated carbocycles. The molecular weight excluding hydrogens is 316 g/mol. The van der Waals surface area contributed by atoms with E-state index in [0.29, 0.717) is 17.9 Å². The Hall–Kier alpha value is -3.01. The summed E-state index contributed by atoms with van der Waals surface area (Å²) in [6, 6.07) is 19.2. The molecule has 0 spiro atoms. The first-order valence-corrected chi connectivity index (χ1v) is 8.11. The van der Waals surface area contributed by atoms with Crippen molar-refractivity contribution in [3.05, 3.63) is 71.8 Å². The van der Waals surface area contributed by atoms with E-state index in [1.165, 1.54) is 0 Å². The van der Waals surface area contributed by atoms with Crippen molar-refractivity contribution in [2.75, 3.05) is 20.3 Å². The van der Waals surface area contributed by atoms with Crippen LogP contribution in [-0.4, -0.2) is 26.3 Å². The van der Waals surface area contributed by atoms with E-state index < -0.39 is 5.97 Å². The highest BCUT2D eigenvalue weighted by molar-refractivity contribution is 5.98. The van der Waals surface area contributed by atoms with Crippen molar-refractivity contribution in [3.8, 4) is 11.5 Å². The molecule has 4 heteroatoms. The lowest BCUT2D eigenvalue weighted by atomic mass is 10.1. The van der Waals surface area contributed by atoms with Gasteiger partial charge in [0.05, 0.1) is 7.11 Å². The molecule has 0 heterocycles. The normalized spacial score (nSPS) is 10.5. The van der Waals surface area contributed by atoms with Gasteiger partial charge < -0.3 is 14.2 Å². The molecule has 3 aromatic carbocycles. The Labute approximate surface area is 146 Å². The van der Waals surface area contributed by atoms with Gasteiger partial charge in [0.1, 0.15) is 30.3 Å². The van der Waals surface area contributed by atoms with Gasteiger partial charge in [-0.1, -0.05) is 36.4 Å². The van der Waals surface area contributed by atoms with Crippen molar-refractivity contribution in [2.24, 2.45) is 0 Å². The number of fused-ring (bicyclic) bond motifs is 1. The molecule has 0 amide bonds. The molecule has 4 nitrogen and oxygen atoms in total. The van der Waals surface area contributed by atoms with Gasteiger partial charge in [0.25, 0.3) is 0 Å². The predicted octanol–water partition coefficient (Wildman–Crippen LogP) is 4.39. The maximum Gasteiger partial charge on any atom is 0.342 e. The van der Waals surface area contributed by atoms with Gasteiger partial charge in [0.15, 0.2) is 0 Å². The molecule has 0 aliphatic rings. The molecule has 0 aliphatic heterocycles. The summed E-state index contributed by atoms with van der Waals surface area (Å²) >= 11 is 0. The standard InChI is InChI=1S/C21H20O4/c1-15-6-5-9-18(12-15)24-10-11-25-21(22)19-13-16-7-3-4-8-17(16)14-20(19)23-2/h3-9,12-14H,10-11H2,1-2H3. The van der Waals surface area contributed by atoms with E-state index in [2.05, 4.69) is 0 Å². The van der Waals surface area contributed by atoms with Gasteiger partial charge >= 0.3 is 5.97 Å². The second kappa shape index (κ2) is 7.71. The molecule has 128 valence electrons. The minimum Gasteiger partial charge on any atom is -0.496 e. The maximum atomic E-state index is 12.4. The Morgan fingerprint density at radius 3 is 2.40 bits per heavy atom. The maximum absolute atomic E-state index is 12.4. The van der Waals surface area contributed by atoms with Crippen LogP contribution in [0.1, 0.15) is 15.9 Å². The van der Waals surface area contributed by atoms with Gasteiger partial charge in [0.2, 0.25) is 0 Å². The molecule has 0 saturated heterocycles. The average Bonchev–Trinajstić information content (AvgIpc) is 2.64. The zero-order valence-corrected chi connectivity index (χ0v) is 14.3. The molecule has 25 heavy (non-hydrogen) atoms. The van der Waals surface area contributed by atoms with Crippen molar-refractivity contribution >= 4 is 16.7 Å². The fraction of sp³-hybridized carbons (Fsp3) is 0.190. The van der Waals surface area contributed by atoms with Crippen molar-refractivity contribution in [1.29, 1.82) is 0 Å². The molecule has 0 bridgehead atoms. The number of benzene rings is 3. The summed E-state index contributed by atoms with van der Waals surface area (Å²) in [6.07, 6.45) is 0. The van der Waals surface area contributed by atoms with Crippen LogP contribution in [0.3, 0.4) is 0 Å². The van der Waals surface area contributed by atoms with Gasteiger partial charge in [-0.15, -0.1) is 0 Å². The number of hydrogen-bond donors (Lipinski definition) is 0. The first-order chi connectivity index (χ1) is 12.2. The quantitative estimate of drug-likeness (QED) is 0.494. The number of carbonyl (C=O) groups is 1. The van der Waals surface area contributed by atoms with Crippen LogP contribution in [0.2, 0.25) is 0 Å². The van der Waals surface area contributed by atoms with Crippen LogP contribution >= 0.6 is 0 Å². The third kappa shape index (κ3) is 4.10. The first-order valence-electron chi connectivity index (χ1n) is 8.11. The van der Waals surface area contributed by atoms with Crippen LogP contribution in [0, 0.1) is 6.92 Å². The summed E-state index contributed by atoms with van der Waals surface area (Å²) in [5, 5.41) is 1.98. The molecule has 0 fully saturated rings. The van der Waals surface area contributed by atoms with E-state index in [9.17, 15) is 4.79 Å². The van der Waals surface area contributed by atoms with Crippen molar-refractivity contribution in [3.63, 3.8) is 0 Å². The zero-order chi connectivity index (χ0) is 17.6. The summed E-state index contributed by atoms with van der Waals surface area (Å²) in [4.78, 5) is 12.4. The third-order valence-corrected chi connectivity index (χ3v) is 3.86. The number of ether oxygens (including phenoxy) is 3. The lowest BCUT2D eigenvalue weighted by Gasteiger charge is -2.11. The van der Waals surface area contributed by atoms with E-state index in [1.807, 2.05) is 61.5 Å². The lowest BCUT2D eigenvalue weighted by molar-refractivity contribution is 0.0447. The second-order valence-electron chi connectivity index (χ2n) is 5.70. The summed E-state index contributed by atoms with van der Waals surface area (Å²) in [7, 11) is 1.54. The third-order valence-electron chi connectivity index (χ3n) is 3.86. The predicted molar refractivity (Wildman–Crippen MR) is 97.5 cm³/mol. The molecule has 0 unspecified atom stereocenters. The van der Waals surface area contributed by atoms with E-state index in [4.69, 9.17) is 14.2 Å². The lowest BCUT2D eigenvalue weighted by Crippen LogP contribution is -2.13. The minimum absolute atomic E-state index is 0.169. The van der Waals surface area contributed by atoms with Crippen molar-refractivity contribution in [1.82, 2.24) is 0 Å². The Morgan fingerprint density at radius 2 is 1.68 bits per heavy atom. The number of esters is 1. The summed E-state index contributed by atoms with van der Waals surface area (Å²) in [6.45, 7) is 2.47. The van der Waals surface area contributed by atoms with Gasteiger partial charge in [-0.05, 0) is 47.5 Å². The van der Waals surface area contributed by atoms with Crippen LogP contribution in [0.5, 0.6) is 11.5 Å². The molecule has 0 N–H and O–H groups in total. The summed E-state index contributed by atoms with van der Waals surface area (Å²) in [5.41, 5.74) is 1.53. The molecule has 0 aliphatic carbocycles. The second-order valence-corrected chi connectivity index (χ2v) is 5.70. The highest BCUT2D eigenvalue weighted by Gasteiger charge is 2.15. The first kappa shape index (κ1) is 16.8. The van der Waals surface area contributed by atoms with Crippen LogP contribution in [0.25, 0.3) is 10.8 Å². The highest BCUT2D eigenvalue weighted by Crippen LogP contribution is 2.26. The Morgan fingerprint density at radius 1 is 0.920 bits per heavy atom. The fourth-order valence-electron chi connectivity index (χ4n) is 2.62. The summed E-state index contributed by atoms with van der Waals surface area (Å²) in [5.74, 6) is 0.845. The summed E-state index contributed by atoms with van der Waals surface area (Å²) < 4.78 is 16.3. The molecule has 0 atom stereocenters. The van der Waals surface area contributed by atoms with Gasteiger partial charge in [0, 0.05) is 0 Å². The number of aryl methyl sites for hydroxylation is 1. The van der Waals surface area contributed by atoms with Gasteiger partial charge in [-0.2, -0.15) is 0 Å². The molecule has 3 aromatic rings. The van der Waals surface area contributed by atoms with E-state index in [-0.39, 0.29) is 6.61 Å². The largest absolute Gasteiger partial charge is 0.496 e. The smallest absolute Gasteiger partial charge is 0.342 e. The molecular formula is C21H20O4. The Kier molecular flexibility index (Phi) is 5.19. The van der Waals surface area contributed by atoms with Crippen LogP contribution < -0.4 is 9.47 Å². The molecule has 0 radical (unpaired) electrons. The van der Waals surface area contributed by atoms with E-state index in [0.717, 1.165) is 22.1 Å². The van der Waals surface area contributed by atoms with E-state index >= 15 is 0 Å². The zero-order valence-electron chi connectivity index (χ0n) is 14.3. The van der Waals surface area contributed by atoms with Crippen molar-refractivity contribution in [2.45, 2.75) is 6.92 Å². The molecule has 0 aromatic heterocycles. The monoisotopic (exact) mass is 336 g/mol. The van der Waals surface area contributed by atoms with E-state index in [1.54, 1.807) is 13.2 Å². The van der Waals surface area contributed by atoms with Crippen LogP contribution in [-0.2, 0) is 4.74 Å². The van der Waals surface area contributed by atoms with Crippen molar-refractivity contribution < 1.29 is 19.0 Å². The fourth-order valence-corrected chi connectivity index (χ4v) is 2.62. The van der Waals surface area contributed by atoms with Crippen LogP contribution in [0.4, 0.5) is 0 Å². The minimum atomic E-state index is -0.421. The van der Waals surface area contributed by atoms with Gasteiger partial charge in [-0.3, -0.25) is 0 Å². The highest BCUT2D eigenvalue weighted by atomic mass is 16.6. The van der Waals surface area contributed by atoms with Crippen LogP contribution in [0.15, 0.2) is 60.7 Å². The Balaban J connectivity index is 1.63. The van der Waals surface area contributed by atoms with Gasteiger partial charge in [-0.25, -0.2) is 4.79 Å².